The first-order chi connectivity index (χ1) is 12.0. The summed E-state index contributed by atoms with van der Waals surface area (Å²) in [4.78, 5) is 7.54. The first kappa shape index (κ1) is 25.3. The van der Waals surface area contributed by atoms with Crippen LogP contribution in [0.5, 0.6) is 0 Å². The summed E-state index contributed by atoms with van der Waals surface area (Å²) in [5, 5.41) is 7.28. The summed E-state index contributed by atoms with van der Waals surface area (Å²) in [6.45, 7) is 5.13. The largest absolute Gasteiger partial charge is 0.434 e. The molecule has 11 heteroatoms. The van der Waals surface area contributed by atoms with Crippen molar-refractivity contribution in [3.8, 4) is 0 Å². The lowest BCUT2D eigenvalue weighted by atomic mass is 10.4. The molecule has 2 N–H and O–H groups in total. The molecule has 0 saturated carbocycles. The van der Waals surface area contributed by atoms with Crippen molar-refractivity contribution in [1.29, 1.82) is 0 Å². The van der Waals surface area contributed by atoms with Crippen molar-refractivity contribution >= 4 is 41.3 Å². The van der Waals surface area contributed by atoms with Gasteiger partial charge in [-0.3, -0.25) is 4.99 Å². The van der Waals surface area contributed by atoms with Crippen LogP contribution < -0.4 is 10.6 Å². The number of nitrogens with one attached hydrogen (secondary N) is 2. The Morgan fingerprint density at radius 2 is 1.88 bits per heavy atom. The van der Waals surface area contributed by atoms with Crippen LogP contribution in [0, 0.1) is 0 Å². The molecule has 0 aromatic carbocycles. The van der Waals surface area contributed by atoms with E-state index in [4.69, 9.17) is 9.47 Å². The Labute approximate surface area is 173 Å². The molecule has 0 aliphatic heterocycles. The zero-order chi connectivity index (χ0) is 18.5. The Kier molecular flexibility index (Phi) is 14.0. The number of halogens is 4. The highest BCUT2D eigenvalue weighted by atomic mass is 127. The van der Waals surface area contributed by atoms with Crippen molar-refractivity contribution in [1.82, 2.24) is 15.6 Å². The summed E-state index contributed by atoms with van der Waals surface area (Å²) < 4.78 is 48.2. The lowest BCUT2D eigenvalue weighted by Crippen LogP contribution is -2.38. The molecule has 152 valence electrons. The van der Waals surface area contributed by atoms with Crippen molar-refractivity contribution in [3.05, 3.63) is 16.1 Å². The number of guanidine groups is 1. The highest BCUT2D eigenvalue weighted by Gasteiger charge is 2.33. The lowest BCUT2D eigenvalue weighted by molar-refractivity contribution is -0.140. The average molecular weight is 510 g/mol. The number of hydrogen-bond acceptors (Lipinski definition) is 5. The number of aromatic nitrogens is 1. The van der Waals surface area contributed by atoms with Crippen LogP contribution in [0.1, 0.15) is 30.5 Å². The number of hydrogen-bond donors (Lipinski definition) is 2. The molecule has 1 heterocycles. The zero-order valence-corrected chi connectivity index (χ0v) is 18.0. The molecule has 6 nitrogen and oxygen atoms in total. The molecule has 0 fully saturated rings. The van der Waals surface area contributed by atoms with Crippen molar-refractivity contribution < 1.29 is 22.6 Å². The Bertz CT molecular complexity index is 515. The lowest BCUT2D eigenvalue weighted by Gasteiger charge is -2.11. The van der Waals surface area contributed by atoms with E-state index < -0.39 is 11.9 Å². The highest BCUT2D eigenvalue weighted by Crippen LogP contribution is 2.29. The minimum absolute atomic E-state index is 0. The van der Waals surface area contributed by atoms with Gasteiger partial charge in [0.1, 0.15) is 5.01 Å². The number of thiazole rings is 1. The number of unbranched alkanes of at least 4 members (excludes halogenated alkanes) is 1. The van der Waals surface area contributed by atoms with Crippen LogP contribution >= 0.6 is 35.3 Å². The van der Waals surface area contributed by atoms with Crippen LogP contribution in [0.4, 0.5) is 13.2 Å². The van der Waals surface area contributed by atoms with E-state index >= 15 is 0 Å². The van der Waals surface area contributed by atoms with Crippen molar-refractivity contribution in [3.63, 3.8) is 0 Å². The molecule has 1 aromatic heterocycles. The zero-order valence-electron chi connectivity index (χ0n) is 14.9. The first-order valence-corrected chi connectivity index (χ1v) is 8.97. The fraction of sp³-hybridized carbons (Fsp3) is 0.733. The molecule has 0 aliphatic carbocycles. The van der Waals surface area contributed by atoms with Gasteiger partial charge in [0.25, 0.3) is 0 Å². The fourth-order valence-corrected chi connectivity index (χ4v) is 2.45. The monoisotopic (exact) mass is 510 g/mol. The molecule has 1 aromatic rings. The Morgan fingerprint density at radius 1 is 1.19 bits per heavy atom. The van der Waals surface area contributed by atoms with E-state index in [1.54, 1.807) is 7.05 Å². The van der Waals surface area contributed by atoms with Gasteiger partial charge in [-0.1, -0.05) is 13.3 Å². The second kappa shape index (κ2) is 14.4. The maximum atomic E-state index is 12.5. The van der Waals surface area contributed by atoms with Crippen LogP contribution in [0.25, 0.3) is 0 Å². The van der Waals surface area contributed by atoms with Crippen LogP contribution in [-0.2, 0) is 22.2 Å². The number of alkyl halides is 3. The SMILES string of the molecule is CCCCOCCOCCNC(=NC)NCc1nc(C(F)(F)F)cs1.I. The number of ether oxygens (including phenoxy) is 2. The fourth-order valence-electron chi connectivity index (χ4n) is 1.71. The smallest absolute Gasteiger partial charge is 0.379 e. The molecule has 0 amide bonds. The third-order valence-electron chi connectivity index (χ3n) is 3.03. The summed E-state index contributed by atoms with van der Waals surface area (Å²) in [5.41, 5.74) is -0.869. The molecule has 1 rings (SSSR count). The molecule has 0 spiro atoms. The van der Waals surface area contributed by atoms with Gasteiger partial charge in [-0.05, 0) is 6.42 Å². The van der Waals surface area contributed by atoms with E-state index in [0.29, 0.717) is 37.3 Å². The summed E-state index contributed by atoms with van der Waals surface area (Å²) in [6, 6.07) is 0. The highest BCUT2D eigenvalue weighted by molar-refractivity contribution is 14.0. The summed E-state index contributed by atoms with van der Waals surface area (Å²) in [6.07, 6.45) is -2.26. The third kappa shape index (κ3) is 11.1. The molecule has 0 saturated heterocycles. The summed E-state index contributed by atoms with van der Waals surface area (Å²) in [5.74, 6) is 0.478. The third-order valence-corrected chi connectivity index (χ3v) is 3.87. The molecule has 0 unspecified atom stereocenters. The van der Waals surface area contributed by atoms with Crippen molar-refractivity contribution in [2.24, 2.45) is 4.99 Å². The van der Waals surface area contributed by atoms with E-state index in [1.807, 2.05) is 0 Å². The Morgan fingerprint density at radius 3 is 2.46 bits per heavy atom. The first-order valence-electron chi connectivity index (χ1n) is 8.09. The molecular weight excluding hydrogens is 484 g/mol. The number of rotatable bonds is 11. The average Bonchev–Trinajstić information content (AvgIpc) is 3.05. The second-order valence-electron chi connectivity index (χ2n) is 5.06. The van der Waals surface area contributed by atoms with Gasteiger partial charge in [0.2, 0.25) is 0 Å². The van der Waals surface area contributed by atoms with E-state index in [0.717, 1.165) is 36.2 Å². The van der Waals surface area contributed by atoms with Crippen LogP contribution in [0.2, 0.25) is 0 Å². The molecule has 0 radical (unpaired) electrons. The quantitative estimate of drug-likeness (QED) is 0.207. The second-order valence-corrected chi connectivity index (χ2v) is 6.00. The minimum atomic E-state index is -4.41. The van der Waals surface area contributed by atoms with Gasteiger partial charge in [0.05, 0.1) is 26.4 Å². The van der Waals surface area contributed by atoms with Crippen molar-refractivity contribution in [2.45, 2.75) is 32.5 Å². The van der Waals surface area contributed by atoms with Gasteiger partial charge < -0.3 is 20.1 Å². The van der Waals surface area contributed by atoms with Gasteiger partial charge in [-0.15, -0.1) is 35.3 Å². The Balaban J connectivity index is 0.00000625. The molecule has 26 heavy (non-hydrogen) atoms. The summed E-state index contributed by atoms with van der Waals surface area (Å²) in [7, 11) is 1.58. The predicted octanol–water partition coefficient (Wildman–Crippen LogP) is 3.28. The van der Waals surface area contributed by atoms with Crippen LogP contribution in [0.15, 0.2) is 10.4 Å². The van der Waals surface area contributed by atoms with Gasteiger partial charge in [0, 0.05) is 25.6 Å². The maximum Gasteiger partial charge on any atom is 0.434 e. The topological polar surface area (TPSA) is 67.8 Å². The summed E-state index contributed by atoms with van der Waals surface area (Å²) >= 11 is 0.957. The van der Waals surface area contributed by atoms with Crippen LogP contribution in [-0.4, -0.2) is 51.0 Å². The standard InChI is InChI=1S/C15H25F3N4O2S.HI/c1-3-4-6-23-8-9-24-7-5-20-14(19-2)21-10-13-22-12(11-25-13)15(16,17)18;/h11H,3-10H2,1-2H3,(H2,19,20,21);1H. The van der Waals surface area contributed by atoms with E-state index in [-0.39, 0.29) is 30.5 Å². The predicted molar refractivity (Wildman–Crippen MR) is 107 cm³/mol. The molecule has 0 aliphatic rings. The molecule has 0 bridgehead atoms. The van der Waals surface area contributed by atoms with E-state index in [2.05, 4.69) is 27.5 Å². The van der Waals surface area contributed by atoms with E-state index in [1.165, 1.54) is 0 Å². The van der Waals surface area contributed by atoms with Crippen LogP contribution in [0.3, 0.4) is 0 Å². The van der Waals surface area contributed by atoms with Crippen molar-refractivity contribution in [2.75, 3.05) is 40.0 Å². The Hall–Kier alpha value is -0.660. The normalized spacial score (nSPS) is 12.0. The minimum Gasteiger partial charge on any atom is -0.379 e. The number of aliphatic imine (C=N–C) groups is 1. The maximum absolute atomic E-state index is 12.5. The van der Waals surface area contributed by atoms with Gasteiger partial charge >= 0.3 is 6.18 Å². The molecule has 0 atom stereocenters. The van der Waals surface area contributed by atoms with Gasteiger partial charge in [0.15, 0.2) is 11.7 Å². The van der Waals surface area contributed by atoms with E-state index in [9.17, 15) is 13.2 Å². The molecular formula is C15H26F3IN4O2S. The van der Waals surface area contributed by atoms with Gasteiger partial charge in [-0.25, -0.2) is 4.98 Å². The number of nitrogens with zero attached hydrogens (tertiary/aromatic N) is 2. The van der Waals surface area contributed by atoms with Gasteiger partial charge in [-0.2, -0.15) is 13.2 Å².